The Bertz CT molecular complexity index is 1080. The van der Waals surface area contributed by atoms with Gasteiger partial charge in [0.25, 0.3) is 0 Å². The molecule has 0 atom stereocenters. The van der Waals surface area contributed by atoms with Crippen LogP contribution in [0.3, 0.4) is 0 Å². The normalized spacial score (nSPS) is 15.9. The van der Waals surface area contributed by atoms with Crippen molar-refractivity contribution >= 4 is 32.6 Å². The lowest BCUT2D eigenvalue weighted by atomic mass is 10.2. The maximum absolute atomic E-state index is 12.7. The minimum atomic E-state index is -3.48. The summed E-state index contributed by atoms with van der Waals surface area (Å²) in [6.07, 6.45) is 0. The molecule has 0 bridgehead atoms. The lowest BCUT2D eigenvalue weighted by Crippen LogP contribution is -2.48. The lowest BCUT2D eigenvalue weighted by molar-refractivity contribution is 0.0665. The van der Waals surface area contributed by atoms with E-state index in [4.69, 9.17) is 9.52 Å². The Kier molecular flexibility index (Phi) is 4.37. The van der Waals surface area contributed by atoms with Crippen LogP contribution in [-0.2, 0) is 10.0 Å². The number of benzene rings is 2. The van der Waals surface area contributed by atoms with Gasteiger partial charge in [-0.15, -0.1) is 0 Å². The number of carboxylic acids is 1. The quantitative estimate of drug-likeness (QED) is 0.741. The number of fused-ring (bicyclic) bond motifs is 1. The molecule has 140 valence electrons. The Balaban J connectivity index is 1.51. The summed E-state index contributed by atoms with van der Waals surface area (Å²) >= 11 is 0. The summed E-state index contributed by atoms with van der Waals surface area (Å²) in [5.41, 5.74) is 1.43. The van der Waals surface area contributed by atoms with Crippen LogP contribution in [0.5, 0.6) is 0 Å². The number of aromatic carboxylic acids is 1. The highest BCUT2D eigenvalue weighted by molar-refractivity contribution is 7.89. The molecule has 1 aliphatic heterocycles. The molecule has 4 rings (SSSR count). The third kappa shape index (κ3) is 3.29. The maximum Gasteiger partial charge on any atom is 0.371 e. The van der Waals surface area contributed by atoms with E-state index in [1.54, 1.807) is 36.4 Å². The smallest absolute Gasteiger partial charge is 0.371 e. The number of carbonyl (C=O) groups is 1. The number of hydrogen-bond acceptors (Lipinski definition) is 5. The Labute approximate surface area is 156 Å². The number of carboxylic acid groups (broad SMARTS) is 1. The molecule has 0 unspecified atom stereocenters. The summed E-state index contributed by atoms with van der Waals surface area (Å²) < 4.78 is 32.2. The highest BCUT2D eigenvalue weighted by Gasteiger charge is 2.28. The first-order chi connectivity index (χ1) is 12.9. The Morgan fingerprint density at radius 3 is 2.33 bits per heavy atom. The summed E-state index contributed by atoms with van der Waals surface area (Å²) in [4.78, 5) is 13.4. The number of piperazine rings is 1. The first-order valence-electron chi connectivity index (χ1n) is 8.52. The maximum atomic E-state index is 12.7. The second kappa shape index (κ2) is 6.71. The minimum Gasteiger partial charge on any atom is -0.475 e. The first-order valence-corrected chi connectivity index (χ1v) is 9.96. The van der Waals surface area contributed by atoms with Crippen LogP contribution in [-0.4, -0.2) is 50.0 Å². The largest absolute Gasteiger partial charge is 0.475 e. The van der Waals surface area contributed by atoms with Gasteiger partial charge in [-0.25, -0.2) is 13.2 Å². The molecule has 7 nitrogen and oxygen atoms in total. The van der Waals surface area contributed by atoms with E-state index in [1.165, 1.54) is 10.4 Å². The third-order valence-corrected chi connectivity index (χ3v) is 6.61. The summed E-state index contributed by atoms with van der Waals surface area (Å²) in [7, 11) is -3.48. The van der Waals surface area contributed by atoms with Crippen LogP contribution in [0.1, 0.15) is 10.6 Å². The fraction of sp³-hybridized carbons (Fsp3) is 0.211. The Morgan fingerprint density at radius 1 is 0.963 bits per heavy atom. The molecule has 2 heterocycles. The number of hydrogen-bond donors (Lipinski definition) is 1. The fourth-order valence-electron chi connectivity index (χ4n) is 3.26. The van der Waals surface area contributed by atoms with Crippen molar-refractivity contribution in [3.63, 3.8) is 0 Å². The van der Waals surface area contributed by atoms with Gasteiger partial charge in [0, 0.05) is 37.3 Å². The summed E-state index contributed by atoms with van der Waals surface area (Å²) in [5.74, 6) is -1.20. The zero-order valence-electron chi connectivity index (χ0n) is 14.4. The lowest BCUT2D eigenvalue weighted by Gasteiger charge is -2.35. The van der Waals surface area contributed by atoms with Crippen LogP contribution in [0.15, 0.2) is 63.9 Å². The van der Waals surface area contributed by atoms with Crippen molar-refractivity contribution in [2.24, 2.45) is 0 Å². The molecule has 1 N–H and O–H groups in total. The molecule has 0 radical (unpaired) electrons. The van der Waals surface area contributed by atoms with E-state index in [-0.39, 0.29) is 5.76 Å². The van der Waals surface area contributed by atoms with Gasteiger partial charge in [0.05, 0.1) is 4.90 Å². The van der Waals surface area contributed by atoms with E-state index in [1.807, 2.05) is 12.1 Å². The van der Waals surface area contributed by atoms with Gasteiger partial charge in [0.1, 0.15) is 5.58 Å². The van der Waals surface area contributed by atoms with E-state index in [9.17, 15) is 13.2 Å². The van der Waals surface area contributed by atoms with Gasteiger partial charge in [0.2, 0.25) is 15.8 Å². The van der Waals surface area contributed by atoms with Gasteiger partial charge in [0.15, 0.2) is 0 Å². The van der Waals surface area contributed by atoms with Gasteiger partial charge in [-0.05, 0) is 36.4 Å². The molecular weight excluding hydrogens is 368 g/mol. The predicted molar refractivity (Wildman–Crippen MR) is 101 cm³/mol. The summed E-state index contributed by atoms with van der Waals surface area (Å²) in [5, 5.41) is 9.75. The number of nitrogens with zero attached hydrogens (tertiary/aromatic N) is 2. The molecule has 1 fully saturated rings. The van der Waals surface area contributed by atoms with Crippen molar-refractivity contribution in [3.8, 4) is 0 Å². The van der Waals surface area contributed by atoms with Crippen LogP contribution in [0.4, 0.5) is 5.69 Å². The van der Waals surface area contributed by atoms with E-state index in [0.717, 1.165) is 5.69 Å². The molecule has 0 saturated carbocycles. The van der Waals surface area contributed by atoms with Gasteiger partial charge < -0.3 is 14.4 Å². The van der Waals surface area contributed by atoms with Crippen LogP contribution >= 0.6 is 0 Å². The van der Waals surface area contributed by atoms with Crippen LogP contribution in [0, 0.1) is 0 Å². The van der Waals surface area contributed by atoms with Crippen molar-refractivity contribution in [1.29, 1.82) is 0 Å². The average Bonchev–Trinajstić information content (AvgIpc) is 3.12. The second-order valence-electron chi connectivity index (χ2n) is 6.34. The van der Waals surface area contributed by atoms with Crippen molar-refractivity contribution in [2.45, 2.75) is 4.90 Å². The molecule has 0 amide bonds. The SMILES string of the molecule is O=C(O)c1cc2cc(N3CCN(S(=O)(=O)c4ccccc4)CC3)ccc2o1. The number of furan rings is 1. The number of rotatable bonds is 4. The molecular formula is C19H18N2O5S. The van der Waals surface area contributed by atoms with Crippen molar-refractivity contribution < 1.29 is 22.7 Å². The highest BCUT2D eigenvalue weighted by atomic mass is 32.2. The molecule has 2 aromatic carbocycles. The van der Waals surface area contributed by atoms with E-state index in [2.05, 4.69) is 4.90 Å². The first kappa shape index (κ1) is 17.6. The number of sulfonamides is 1. The van der Waals surface area contributed by atoms with Gasteiger partial charge >= 0.3 is 5.97 Å². The molecule has 0 spiro atoms. The molecule has 1 aromatic heterocycles. The monoisotopic (exact) mass is 386 g/mol. The van der Waals surface area contributed by atoms with E-state index >= 15 is 0 Å². The molecule has 0 aliphatic carbocycles. The van der Waals surface area contributed by atoms with Gasteiger partial charge in [-0.1, -0.05) is 18.2 Å². The number of anilines is 1. The molecule has 8 heteroatoms. The van der Waals surface area contributed by atoms with Crippen molar-refractivity contribution in [1.82, 2.24) is 4.31 Å². The zero-order valence-corrected chi connectivity index (χ0v) is 15.2. The van der Waals surface area contributed by atoms with Crippen LogP contribution in [0.25, 0.3) is 11.0 Å². The topological polar surface area (TPSA) is 91.1 Å². The third-order valence-electron chi connectivity index (χ3n) is 4.70. The molecule has 3 aromatic rings. The summed E-state index contributed by atoms with van der Waals surface area (Å²) in [6, 6.07) is 15.4. The Morgan fingerprint density at radius 2 is 1.67 bits per heavy atom. The highest BCUT2D eigenvalue weighted by Crippen LogP contribution is 2.27. The van der Waals surface area contributed by atoms with E-state index < -0.39 is 16.0 Å². The molecule has 1 aliphatic rings. The molecule has 27 heavy (non-hydrogen) atoms. The van der Waals surface area contributed by atoms with Gasteiger partial charge in [-0.2, -0.15) is 4.31 Å². The average molecular weight is 386 g/mol. The predicted octanol–water partition coefficient (Wildman–Crippen LogP) is 2.64. The van der Waals surface area contributed by atoms with Crippen LogP contribution in [0.2, 0.25) is 0 Å². The fourth-order valence-corrected chi connectivity index (χ4v) is 4.70. The minimum absolute atomic E-state index is 0.0964. The molecule has 1 saturated heterocycles. The van der Waals surface area contributed by atoms with Gasteiger partial charge in [-0.3, -0.25) is 0 Å². The Hall–Kier alpha value is -2.84. The summed E-state index contributed by atoms with van der Waals surface area (Å²) in [6.45, 7) is 1.89. The van der Waals surface area contributed by atoms with E-state index in [0.29, 0.717) is 42.0 Å². The van der Waals surface area contributed by atoms with Crippen molar-refractivity contribution in [2.75, 3.05) is 31.1 Å². The standard InChI is InChI=1S/C19H18N2O5S/c22-19(23)18-13-14-12-15(6-7-17(14)26-18)20-8-10-21(11-9-20)27(24,25)16-4-2-1-3-5-16/h1-7,12-13H,8-11H2,(H,22,23). The second-order valence-corrected chi connectivity index (χ2v) is 8.28. The zero-order chi connectivity index (χ0) is 19.0. The van der Waals surface area contributed by atoms with Crippen molar-refractivity contribution in [3.05, 3.63) is 60.4 Å². The van der Waals surface area contributed by atoms with Crippen LogP contribution < -0.4 is 4.90 Å².